The van der Waals surface area contributed by atoms with Gasteiger partial charge in [0.05, 0.1) is 5.75 Å². The molecular weight excluding hydrogens is 328 g/mol. The highest BCUT2D eigenvalue weighted by molar-refractivity contribution is 8.01. The maximum atomic E-state index is 11.8. The highest BCUT2D eigenvalue weighted by Crippen LogP contribution is 2.29. The van der Waals surface area contributed by atoms with E-state index < -0.39 is 0 Å². The van der Waals surface area contributed by atoms with Crippen molar-refractivity contribution in [1.82, 2.24) is 15.5 Å². The van der Waals surface area contributed by atoms with Crippen LogP contribution in [0.25, 0.3) is 0 Å². The highest BCUT2D eigenvalue weighted by Gasteiger charge is 2.10. The molecule has 1 amide bonds. The SMILES string of the molecule is CC[C@H](C)NC(=O)CSc1nnc(Nc2cccc(C)c2C)s1. The number of aryl methyl sites for hydroxylation is 1. The fourth-order valence-corrected chi connectivity index (χ4v) is 3.44. The van der Waals surface area contributed by atoms with Gasteiger partial charge in [0.1, 0.15) is 0 Å². The molecule has 7 heteroatoms. The van der Waals surface area contributed by atoms with Gasteiger partial charge in [0.15, 0.2) is 4.34 Å². The minimum atomic E-state index is 0.0311. The molecule has 0 unspecified atom stereocenters. The van der Waals surface area contributed by atoms with Gasteiger partial charge in [0.2, 0.25) is 11.0 Å². The maximum absolute atomic E-state index is 11.8. The minimum absolute atomic E-state index is 0.0311. The second-order valence-electron chi connectivity index (χ2n) is 5.41. The molecule has 2 N–H and O–H groups in total. The molecule has 2 aromatic rings. The van der Waals surface area contributed by atoms with Crippen molar-refractivity contribution in [1.29, 1.82) is 0 Å². The predicted molar refractivity (Wildman–Crippen MR) is 97.7 cm³/mol. The van der Waals surface area contributed by atoms with Crippen molar-refractivity contribution in [2.24, 2.45) is 0 Å². The van der Waals surface area contributed by atoms with Crippen LogP contribution in [0.2, 0.25) is 0 Å². The molecule has 0 fully saturated rings. The summed E-state index contributed by atoms with van der Waals surface area (Å²) in [5.41, 5.74) is 3.47. The van der Waals surface area contributed by atoms with Crippen LogP contribution in [0, 0.1) is 13.8 Å². The lowest BCUT2D eigenvalue weighted by molar-refractivity contribution is -0.119. The number of aromatic nitrogens is 2. The summed E-state index contributed by atoms with van der Waals surface area (Å²) in [4.78, 5) is 11.8. The molecule has 5 nitrogen and oxygen atoms in total. The third kappa shape index (κ3) is 5.21. The quantitative estimate of drug-likeness (QED) is 0.741. The largest absolute Gasteiger partial charge is 0.353 e. The van der Waals surface area contributed by atoms with Gasteiger partial charge in [-0.15, -0.1) is 10.2 Å². The first-order valence-electron chi connectivity index (χ1n) is 7.58. The number of benzene rings is 1. The monoisotopic (exact) mass is 350 g/mol. The normalized spacial score (nSPS) is 12.0. The topological polar surface area (TPSA) is 66.9 Å². The molecule has 2 rings (SSSR count). The first-order chi connectivity index (χ1) is 11.0. The molecule has 124 valence electrons. The average molecular weight is 351 g/mol. The fourth-order valence-electron chi connectivity index (χ4n) is 1.87. The zero-order valence-corrected chi connectivity index (χ0v) is 15.5. The molecule has 0 aliphatic carbocycles. The molecule has 0 bridgehead atoms. The summed E-state index contributed by atoms with van der Waals surface area (Å²) in [6.45, 7) is 8.21. The first kappa shape index (κ1) is 17.7. The van der Waals surface area contributed by atoms with E-state index in [-0.39, 0.29) is 11.9 Å². The number of hydrogen-bond acceptors (Lipinski definition) is 6. The van der Waals surface area contributed by atoms with Gasteiger partial charge >= 0.3 is 0 Å². The van der Waals surface area contributed by atoms with Crippen molar-refractivity contribution < 1.29 is 4.79 Å². The van der Waals surface area contributed by atoms with Crippen LogP contribution < -0.4 is 10.6 Å². The molecule has 0 saturated heterocycles. The van der Waals surface area contributed by atoms with E-state index in [1.54, 1.807) is 0 Å². The van der Waals surface area contributed by atoms with Crippen LogP contribution in [0.1, 0.15) is 31.4 Å². The molecule has 23 heavy (non-hydrogen) atoms. The second kappa shape index (κ2) is 8.31. The van der Waals surface area contributed by atoms with Crippen molar-refractivity contribution in [2.75, 3.05) is 11.1 Å². The Labute approximate surface area is 145 Å². The smallest absolute Gasteiger partial charge is 0.230 e. The number of hydrogen-bond donors (Lipinski definition) is 2. The second-order valence-corrected chi connectivity index (χ2v) is 7.61. The number of amides is 1. The Morgan fingerprint density at radius 1 is 1.35 bits per heavy atom. The first-order valence-corrected chi connectivity index (χ1v) is 9.38. The summed E-state index contributed by atoms with van der Waals surface area (Å²) in [5, 5.41) is 15.2. The fraction of sp³-hybridized carbons (Fsp3) is 0.438. The zero-order chi connectivity index (χ0) is 16.8. The van der Waals surface area contributed by atoms with Crippen molar-refractivity contribution in [2.45, 2.75) is 44.5 Å². The Balaban J connectivity index is 1.91. The van der Waals surface area contributed by atoms with Crippen LogP contribution in [0.4, 0.5) is 10.8 Å². The molecule has 1 aromatic carbocycles. The van der Waals surface area contributed by atoms with Crippen molar-refractivity contribution in [3.63, 3.8) is 0 Å². The van der Waals surface area contributed by atoms with E-state index in [4.69, 9.17) is 0 Å². The average Bonchev–Trinajstić information content (AvgIpc) is 2.97. The molecule has 0 saturated carbocycles. The van der Waals surface area contributed by atoms with Crippen molar-refractivity contribution in [3.8, 4) is 0 Å². The minimum Gasteiger partial charge on any atom is -0.353 e. The lowest BCUT2D eigenvalue weighted by atomic mass is 10.1. The number of thioether (sulfide) groups is 1. The van der Waals surface area contributed by atoms with Gasteiger partial charge in [-0.1, -0.05) is 42.2 Å². The third-order valence-corrected chi connectivity index (χ3v) is 5.57. The molecular formula is C16H22N4OS2. The van der Waals surface area contributed by atoms with Crippen LogP contribution in [0.5, 0.6) is 0 Å². The van der Waals surface area contributed by atoms with Gasteiger partial charge < -0.3 is 10.6 Å². The number of carbonyl (C=O) groups is 1. The molecule has 1 atom stereocenters. The third-order valence-electron chi connectivity index (χ3n) is 3.60. The van der Waals surface area contributed by atoms with E-state index in [0.717, 1.165) is 21.6 Å². The van der Waals surface area contributed by atoms with Crippen LogP contribution in [-0.2, 0) is 4.79 Å². The Hall–Kier alpha value is -1.60. The van der Waals surface area contributed by atoms with Crippen molar-refractivity contribution in [3.05, 3.63) is 29.3 Å². The van der Waals surface area contributed by atoms with E-state index in [1.807, 2.05) is 26.0 Å². The van der Waals surface area contributed by atoms with Crippen LogP contribution in [0.3, 0.4) is 0 Å². The van der Waals surface area contributed by atoms with Gasteiger partial charge in [-0.2, -0.15) is 0 Å². The van der Waals surface area contributed by atoms with Gasteiger partial charge in [-0.25, -0.2) is 0 Å². The van der Waals surface area contributed by atoms with Crippen LogP contribution >= 0.6 is 23.1 Å². The van der Waals surface area contributed by atoms with Crippen LogP contribution in [-0.4, -0.2) is 27.9 Å². The molecule has 0 aliphatic rings. The number of nitrogens with zero attached hydrogens (tertiary/aromatic N) is 2. The number of carbonyl (C=O) groups excluding carboxylic acids is 1. The summed E-state index contributed by atoms with van der Waals surface area (Å²) in [5.74, 6) is 0.395. The molecule has 1 heterocycles. The Kier molecular flexibility index (Phi) is 6.41. The van der Waals surface area contributed by atoms with Gasteiger partial charge in [0.25, 0.3) is 0 Å². The Morgan fingerprint density at radius 2 is 2.13 bits per heavy atom. The van der Waals surface area contributed by atoms with Gasteiger partial charge in [-0.3, -0.25) is 4.79 Å². The molecule has 0 radical (unpaired) electrons. The summed E-state index contributed by atoms with van der Waals surface area (Å²) < 4.78 is 0.789. The van der Waals surface area contributed by atoms with Crippen LogP contribution in [0.15, 0.2) is 22.5 Å². The Bertz CT molecular complexity index is 672. The molecule has 0 aliphatic heterocycles. The van der Waals surface area contributed by atoms with E-state index in [9.17, 15) is 4.79 Å². The van der Waals surface area contributed by atoms with E-state index in [1.165, 1.54) is 34.2 Å². The predicted octanol–water partition coefficient (Wildman–Crippen LogP) is 3.91. The summed E-state index contributed by atoms with van der Waals surface area (Å²) >= 11 is 2.87. The van der Waals surface area contributed by atoms with E-state index in [2.05, 4.69) is 40.7 Å². The highest BCUT2D eigenvalue weighted by atomic mass is 32.2. The maximum Gasteiger partial charge on any atom is 0.230 e. The Morgan fingerprint density at radius 3 is 2.87 bits per heavy atom. The number of nitrogens with one attached hydrogen (secondary N) is 2. The summed E-state index contributed by atoms with van der Waals surface area (Å²) in [6, 6.07) is 6.33. The standard InChI is InChI=1S/C16H22N4OS2/c1-5-11(3)17-14(21)9-22-16-20-19-15(23-16)18-13-8-6-7-10(2)12(13)4/h6-8,11H,5,9H2,1-4H3,(H,17,21)(H,18,19)/t11-/m0/s1. The number of anilines is 2. The lowest BCUT2D eigenvalue weighted by Crippen LogP contribution is -2.33. The summed E-state index contributed by atoms with van der Waals surface area (Å²) in [6.07, 6.45) is 0.930. The number of rotatable bonds is 7. The molecule has 0 spiro atoms. The van der Waals surface area contributed by atoms with E-state index in [0.29, 0.717) is 5.75 Å². The lowest BCUT2D eigenvalue weighted by Gasteiger charge is -2.10. The molecule has 1 aromatic heterocycles. The van der Waals surface area contributed by atoms with E-state index >= 15 is 0 Å². The zero-order valence-electron chi connectivity index (χ0n) is 13.8. The van der Waals surface area contributed by atoms with Gasteiger partial charge in [-0.05, 0) is 44.4 Å². The van der Waals surface area contributed by atoms with Gasteiger partial charge in [0, 0.05) is 11.7 Å². The van der Waals surface area contributed by atoms with Crippen molar-refractivity contribution >= 4 is 39.8 Å². The summed E-state index contributed by atoms with van der Waals surface area (Å²) in [7, 11) is 0.